The fraction of sp³-hybridized carbons (Fsp3) is 0.273. The molecule has 0 radical (unpaired) electrons. The third-order valence-electron chi connectivity index (χ3n) is 5.72. The molecule has 0 bridgehead atoms. The number of rotatable bonds is 5. The van der Waals surface area contributed by atoms with Crippen LogP contribution in [0.4, 0.5) is 24.8 Å². The maximum atomic E-state index is 13.7. The summed E-state index contributed by atoms with van der Waals surface area (Å²) >= 11 is 0. The van der Waals surface area contributed by atoms with Crippen molar-refractivity contribution >= 4 is 17.5 Å². The normalized spacial score (nSPS) is 18.2. The second kappa shape index (κ2) is 8.41. The first kappa shape index (κ1) is 23.4. The first-order valence-corrected chi connectivity index (χ1v) is 10.7. The van der Waals surface area contributed by atoms with Gasteiger partial charge in [-0.1, -0.05) is 5.16 Å². The molecule has 0 aromatic carbocycles. The van der Waals surface area contributed by atoms with Crippen LogP contribution < -0.4 is 5.32 Å². The van der Waals surface area contributed by atoms with Crippen LogP contribution in [0.15, 0.2) is 47.4 Å². The summed E-state index contributed by atoms with van der Waals surface area (Å²) in [6.45, 7) is 0.292. The van der Waals surface area contributed by atoms with E-state index in [-0.39, 0.29) is 40.9 Å². The van der Waals surface area contributed by atoms with E-state index in [2.05, 4.69) is 30.5 Å². The van der Waals surface area contributed by atoms with Gasteiger partial charge in [-0.2, -0.15) is 18.3 Å². The maximum absolute atomic E-state index is 13.7. The van der Waals surface area contributed by atoms with Gasteiger partial charge in [0.1, 0.15) is 5.69 Å². The number of carbonyl (C=O) groups is 1. The van der Waals surface area contributed by atoms with E-state index in [0.29, 0.717) is 12.2 Å². The molecule has 1 aliphatic rings. The summed E-state index contributed by atoms with van der Waals surface area (Å²) in [6, 6.07) is 4.32. The van der Waals surface area contributed by atoms with Crippen molar-refractivity contribution in [2.75, 3.05) is 18.9 Å². The number of aliphatic hydroxyl groups is 1. The minimum atomic E-state index is -4.69. The fourth-order valence-electron chi connectivity index (χ4n) is 3.81. The standard InChI is InChI=1S/C22H19F3N8O3/c1-32-6-4-21(35,19(32)34)18-9-17(31-36-18)16-8-12(22(23,24)25)7-15(29-16)14-3-5-26-20(30-14)28-13-10-27-33(2)11-13/h3,5,7-11,35H,4,6H2,1-2H3,(H,26,28,30)/t21-/m1/s1. The number of hydrogen-bond donors (Lipinski definition) is 2. The number of halogens is 3. The van der Waals surface area contributed by atoms with Crippen molar-refractivity contribution in [1.82, 2.24) is 34.8 Å². The highest BCUT2D eigenvalue weighted by Gasteiger charge is 2.48. The molecule has 1 saturated heterocycles. The Morgan fingerprint density at radius 2 is 1.86 bits per heavy atom. The molecular weight excluding hydrogens is 481 g/mol. The molecule has 14 heteroatoms. The molecule has 0 saturated carbocycles. The highest BCUT2D eigenvalue weighted by Crippen LogP contribution is 2.37. The molecule has 5 heterocycles. The molecule has 36 heavy (non-hydrogen) atoms. The lowest BCUT2D eigenvalue weighted by Crippen LogP contribution is -2.35. The summed E-state index contributed by atoms with van der Waals surface area (Å²) < 4.78 is 47.9. The van der Waals surface area contributed by atoms with E-state index in [1.165, 1.54) is 30.3 Å². The maximum Gasteiger partial charge on any atom is 0.416 e. The van der Waals surface area contributed by atoms with Gasteiger partial charge in [0.25, 0.3) is 5.91 Å². The van der Waals surface area contributed by atoms with E-state index >= 15 is 0 Å². The molecule has 4 aromatic heterocycles. The number of nitrogens with zero attached hydrogens (tertiary/aromatic N) is 7. The van der Waals surface area contributed by atoms with Crippen molar-refractivity contribution in [3.8, 4) is 22.8 Å². The van der Waals surface area contributed by atoms with Gasteiger partial charge < -0.3 is 19.8 Å². The zero-order valence-corrected chi connectivity index (χ0v) is 19.0. The summed E-state index contributed by atoms with van der Waals surface area (Å²) in [7, 11) is 3.25. The molecule has 2 N–H and O–H groups in total. The first-order valence-electron chi connectivity index (χ1n) is 10.7. The summed E-state index contributed by atoms with van der Waals surface area (Å²) in [5, 5.41) is 21.5. The van der Waals surface area contributed by atoms with Gasteiger partial charge in [-0.15, -0.1) is 0 Å². The first-order chi connectivity index (χ1) is 17.0. The van der Waals surface area contributed by atoms with E-state index < -0.39 is 23.2 Å². The molecule has 0 aliphatic carbocycles. The van der Waals surface area contributed by atoms with Crippen LogP contribution in [-0.4, -0.2) is 59.4 Å². The predicted molar refractivity (Wildman–Crippen MR) is 118 cm³/mol. The number of aromatic nitrogens is 6. The van der Waals surface area contributed by atoms with Gasteiger partial charge in [0.05, 0.1) is 34.5 Å². The van der Waals surface area contributed by atoms with E-state index in [1.54, 1.807) is 24.1 Å². The monoisotopic (exact) mass is 500 g/mol. The van der Waals surface area contributed by atoms with E-state index in [4.69, 9.17) is 4.52 Å². The molecule has 11 nitrogen and oxygen atoms in total. The topological polar surface area (TPSA) is 135 Å². The molecule has 0 unspecified atom stereocenters. The Labute approximate surface area is 201 Å². The van der Waals surface area contributed by atoms with Crippen molar-refractivity contribution in [3.05, 3.63) is 54.2 Å². The van der Waals surface area contributed by atoms with Gasteiger partial charge >= 0.3 is 6.18 Å². The largest absolute Gasteiger partial charge is 0.416 e. The number of anilines is 2. The summed E-state index contributed by atoms with van der Waals surface area (Å²) in [4.78, 5) is 26.4. The summed E-state index contributed by atoms with van der Waals surface area (Å²) in [6.07, 6.45) is -0.0230. The molecule has 4 aromatic rings. The van der Waals surface area contributed by atoms with Crippen molar-refractivity contribution in [3.63, 3.8) is 0 Å². The van der Waals surface area contributed by atoms with Gasteiger partial charge in [-0.25, -0.2) is 15.0 Å². The smallest absolute Gasteiger partial charge is 0.373 e. The summed E-state index contributed by atoms with van der Waals surface area (Å²) in [5.74, 6) is -0.619. The van der Waals surface area contributed by atoms with Gasteiger partial charge in [0.2, 0.25) is 11.5 Å². The van der Waals surface area contributed by atoms with Gasteiger partial charge in [0, 0.05) is 45.5 Å². The quantitative estimate of drug-likeness (QED) is 0.424. The Bertz CT molecular complexity index is 1450. The third kappa shape index (κ3) is 4.26. The van der Waals surface area contributed by atoms with E-state index in [1.807, 2.05) is 0 Å². The van der Waals surface area contributed by atoms with Crippen LogP contribution >= 0.6 is 0 Å². The number of pyridine rings is 1. The molecular formula is C22H19F3N8O3. The molecule has 1 amide bonds. The zero-order chi connectivity index (χ0) is 25.7. The Balaban J connectivity index is 1.53. The SMILES string of the molecule is CN1CC[C@@](O)(c2cc(-c3cc(C(F)(F)F)cc(-c4ccnc(Nc5cnn(C)c5)n4)n3)no2)C1=O. The highest BCUT2D eigenvalue weighted by molar-refractivity contribution is 5.87. The lowest BCUT2D eigenvalue weighted by Gasteiger charge is -2.16. The van der Waals surface area contributed by atoms with Crippen LogP contribution in [0.5, 0.6) is 0 Å². The number of nitrogens with one attached hydrogen (secondary N) is 1. The van der Waals surface area contributed by atoms with Crippen LogP contribution in [0.1, 0.15) is 17.7 Å². The number of hydrogen-bond acceptors (Lipinski definition) is 9. The number of likely N-dealkylation sites (tertiary alicyclic amines) is 1. The second-order valence-corrected chi connectivity index (χ2v) is 8.33. The number of amides is 1. The lowest BCUT2D eigenvalue weighted by molar-refractivity contribution is -0.144. The highest BCUT2D eigenvalue weighted by atomic mass is 19.4. The number of carbonyl (C=O) groups excluding carboxylic acids is 1. The lowest BCUT2D eigenvalue weighted by atomic mass is 9.98. The average molecular weight is 500 g/mol. The Morgan fingerprint density at radius 3 is 2.50 bits per heavy atom. The molecule has 1 aliphatic heterocycles. The Morgan fingerprint density at radius 1 is 1.11 bits per heavy atom. The molecule has 1 fully saturated rings. The van der Waals surface area contributed by atoms with E-state index in [9.17, 15) is 23.1 Å². The molecule has 1 atom stereocenters. The number of alkyl halides is 3. The van der Waals surface area contributed by atoms with Gasteiger partial charge in [-0.05, 0) is 18.2 Å². The van der Waals surface area contributed by atoms with Crippen LogP contribution in [0.2, 0.25) is 0 Å². The zero-order valence-electron chi connectivity index (χ0n) is 19.0. The summed E-state index contributed by atoms with van der Waals surface area (Å²) in [5.41, 5.74) is -2.54. The van der Waals surface area contributed by atoms with E-state index in [0.717, 1.165) is 12.1 Å². The molecule has 186 valence electrons. The van der Waals surface area contributed by atoms with Crippen LogP contribution in [0.3, 0.4) is 0 Å². The fourth-order valence-corrected chi connectivity index (χ4v) is 3.81. The van der Waals surface area contributed by atoms with Crippen LogP contribution in [0.25, 0.3) is 22.8 Å². The minimum Gasteiger partial charge on any atom is -0.373 e. The second-order valence-electron chi connectivity index (χ2n) is 8.33. The van der Waals surface area contributed by atoms with Gasteiger partial charge in [0.15, 0.2) is 5.76 Å². The minimum absolute atomic E-state index is 0.0614. The van der Waals surface area contributed by atoms with Crippen LogP contribution in [-0.2, 0) is 23.6 Å². The Hall–Kier alpha value is -4.33. The average Bonchev–Trinajstić information content (AvgIpc) is 3.56. The van der Waals surface area contributed by atoms with Crippen molar-refractivity contribution < 1.29 is 27.6 Å². The Kier molecular flexibility index (Phi) is 5.47. The number of likely N-dealkylation sites (N-methyl/N-ethyl adjacent to an activating group) is 1. The molecule has 5 rings (SSSR count). The predicted octanol–water partition coefficient (Wildman–Crippen LogP) is 2.74. The number of aryl methyl sites for hydroxylation is 1. The van der Waals surface area contributed by atoms with Crippen molar-refractivity contribution in [2.24, 2.45) is 7.05 Å². The molecule has 0 spiro atoms. The third-order valence-corrected chi connectivity index (χ3v) is 5.72. The van der Waals surface area contributed by atoms with Gasteiger partial charge in [-0.3, -0.25) is 9.48 Å². The van der Waals surface area contributed by atoms with Crippen molar-refractivity contribution in [2.45, 2.75) is 18.2 Å². The van der Waals surface area contributed by atoms with Crippen LogP contribution in [0, 0.1) is 0 Å². The van der Waals surface area contributed by atoms with Crippen molar-refractivity contribution in [1.29, 1.82) is 0 Å².